The zero-order valence-electron chi connectivity index (χ0n) is 15.6. The van der Waals surface area contributed by atoms with Gasteiger partial charge >= 0.3 is 0 Å². The van der Waals surface area contributed by atoms with Gasteiger partial charge in [-0.05, 0) is 30.2 Å². The van der Waals surface area contributed by atoms with Gasteiger partial charge in [0.25, 0.3) is 0 Å². The van der Waals surface area contributed by atoms with Crippen LogP contribution in [0.4, 0.5) is 4.39 Å². The number of nitrogens with one attached hydrogen (secondary N) is 3. The largest absolute Gasteiger partial charge is 0.492 e. The van der Waals surface area contributed by atoms with Crippen molar-refractivity contribution >= 4 is 5.91 Å². The fourth-order valence-corrected chi connectivity index (χ4v) is 3.18. The van der Waals surface area contributed by atoms with Crippen LogP contribution in [0, 0.1) is 5.82 Å². The van der Waals surface area contributed by atoms with Crippen LogP contribution in [0.1, 0.15) is 12.0 Å². The third-order valence-corrected chi connectivity index (χ3v) is 4.66. The number of hydrogen-bond donors (Lipinski definition) is 3. The van der Waals surface area contributed by atoms with Gasteiger partial charge in [-0.3, -0.25) is 10.2 Å². The molecule has 0 saturated carbocycles. The molecule has 0 radical (unpaired) electrons. The molecule has 0 spiro atoms. The number of rotatable bonds is 7. The first kappa shape index (κ1) is 19.0. The van der Waals surface area contributed by atoms with Gasteiger partial charge in [-0.1, -0.05) is 24.3 Å². The van der Waals surface area contributed by atoms with Gasteiger partial charge in [0.05, 0.1) is 11.7 Å². The molecular formula is C20H21FN6O2. The molecule has 3 N–H and O–H groups in total. The number of benzene rings is 2. The van der Waals surface area contributed by atoms with Gasteiger partial charge in [-0.15, -0.1) is 0 Å². The number of amides is 1. The van der Waals surface area contributed by atoms with Crippen LogP contribution in [-0.4, -0.2) is 39.4 Å². The maximum atomic E-state index is 13.2. The molecule has 2 heterocycles. The van der Waals surface area contributed by atoms with Gasteiger partial charge in [0.15, 0.2) is 0 Å². The standard InChI is InChI=1S/C20H21FN6O2/c21-15-5-3-6-17(8-15)29-11-16-9-18(26-25-16)20(28)23-10-14-4-1-2-7-19(14)27-13-22-12-24-27/h1-8,12-13,16,18,25-26H,9-11H2,(H,23,28). The summed E-state index contributed by atoms with van der Waals surface area (Å²) in [5.74, 6) is 0.00648. The van der Waals surface area contributed by atoms with E-state index in [2.05, 4.69) is 26.3 Å². The van der Waals surface area contributed by atoms with E-state index in [0.717, 1.165) is 11.3 Å². The zero-order valence-corrected chi connectivity index (χ0v) is 15.6. The van der Waals surface area contributed by atoms with Crippen molar-refractivity contribution in [3.05, 3.63) is 72.6 Å². The molecule has 2 atom stereocenters. The fourth-order valence-electron chi connectivity index (χ4n) is 3.18. The first-order valence-electron chi connectivity index (χ1n) is 9.29. The molecule has 0 aliphatic carbocycles. The number of para-hydroxylation sites is 1. The van der Waals surface area contributed by atoms with Crippen molar-refractivity contribution in [1.29, 1.82) is 0 Å². The van der Waals surface area contributed by atoms with Crippen molar-refractivity contribution in [2.45, 2.75) is 25.0 Å². The molecule has 150 valence electrons. The molecule has 1 fully saturated rings. The number of carbonyl (C=O) groups is 1. The molecule has 3 aromatic rings. The number of hydrazine groups is 1. The summed E-state index contributed by atoms with van der Waals surface area (Å²) in [7, 11) is 0. The Bertz CT molecular complexity index is 965. The van der Waals surface area contributed by atoms with Crippen molar-refractivity contribution in [3.63, 3.8) is 0 Å². The Kier molecular flexibility index (Phi) is 5.78. The minimum Gasteiger partial charge on any atom is -0.492 e. The Morgan fingerprint density at radius 3 is 2.97 bits per heavy atom. The predicted molar refractivity (Wildman–Crippen MR) is 104 cm³/mol. The summed E-state index contributed by atoms with van der Waals surface area (Å²) in [6, 6.07) is 13.2. The molecule has 2 aromatic carbocycles. The van der Waals surface area contributed by atoms with E-state index in [-0.39, 0.29) is 23.8 Å². The Morgan fingerprint density at radius 1 is 1.24 bits per heavy atom. The Balaban J connectivity index is 1.28. The van der Waals surface area contributed by atoms with Crippen molar-refractivity contribution < 1.29 is 13.9 Å². The lowest BCUT2D eigenvalue weighted by molar-refractivity contribution is -0.123. The van der Waals surface area contributed by atoms with E-state index in [0.29, 0.717) is 25.3 Å². The molecule has 1 aliphatic heterocycles. The van der Waals surface area contributed by atoms with E-state index in [1.807, 2.05) is 24.3 Å². The van der Waals surface area contributed by atoms with Crippen LogP contribution in [-0.2, 0) is 11.3 Å². The highest BCUT2D eigenvalue weighted by atomic mass is 19.1. The van der Waals surface area contributed by atoms with Crippen molar-refractivity contribution in [2.24, 2.45) is 0 Å². The number of ether oxygens (including phenoxy) is 1. The second-order valence-corrected chi connectivity index (χ2v) is 6.73. The van der Waals surface area contributed by atoms with Crippen LogP contribution in [0.3, 0.4) is 0 Å². The van der Waals surface area contributed by atoms with E-state index in [4.69, 9.17) is 4.74 Å². The first-order chi connectivity index (χ1) is 14.2. The van der Waals surface area contributed by atoms with E-state index >= 15 is 0 Å². The lowest BCUT2D eigenvalue weighted by Gasteiger charge is -2.13. The highest BCUT2D eigenvalue weighted by Gasteiger charge is 2.29. The fraction of sp³-hybridized carbons (Fsp3) is 0.250. The number of aromatic nitrogens is 3. The van der Waals surface area contributed by atoms with Crippen molar-refractivity contribution in [1.82, 2.24) is 30.9 Å². The molecule has 1 aliphatic rings. The average molecular weight is 396 g/mol. The summed E-state index contributed by atoms with van der Waals surface area (Å²) in [6.45, 7) is 0.701. The molecule has 9 heteroatoms. The summed E-state index contributed by atoms with van der Waals surface area (Å²) in [5, 5.41) is 7.10. The molecule has 2 unspecified atom stereocenters. The second-order valence-electron chi connectivity index (χ2n) is 6.73. The summed E-state index contributed by atoms with van der Waals surface area (Å²) < 4.78 is 20.5. The van der Waals surface area contributed by atoms with Crippen LogP contribution in [0.25, 0.3) is 5.69 Å². The lowest BCUT2D eigenvalue weighted by atomic mass is 10.1. The van der Waals surface area contributed by atoms with Crippen molar-refractivity contribution in [3.8, 4) is 11.4 Å². The Hall–Kier alpha value is -3.30. The highest BCUT2D eigenvalue weighted by molar-refractivity contribution is 5.82. The molecule has 0 bridgehead atoms. The molecule has 8 nitrogen and oxygen atoms in total. The summed E-state index contributed by atoms with van der Waals surface area (Å²) in [4.78, 5) is 16.5. The maximum Gasteiger partial charge on any atom is 0.238 e. The van der Waals surface area contributed by atoms with E-state index < -0.39 is 0 Å². The van der Waals surface area contributed by atoms with E-state index in [9.17, 15) is 9.18 Å². The number of halogens is 1. The minimum absolute atomic E-state index is 0.0588. The van der Waals surface area contributed by atoms with Gasteiger partial charge in [-0.2, -0.15) is 5.10 Å². The topological polar surface area (TPSA) is 93.1 Å². The quantitative estimate of drug-likeness (QED) is 0.558. The van der Waals surface area contributed by atoms with Crippen LogP contribution in [0.5, 0.6) is 5.75 Å². The van der Waals surface area contributed by atoms with Gasteiger partial charge in [-0.25, -0.2) is 19.5 Å². The number of hydrogen-bond acceptors (Lipinski definition) is 6. The number of carbonyl (C=O) groups excluding carboxylic acids is 1. The zero-order chi connectivity index (χ0) is 20.1. The van der Waals surface area contributed by atoms with E-state index in [1.54, 1.807) is 23.1 Å². The molecule has 1 amide bonds. The van der Waals surface area contributed by atoms with Crippen LogP contribution in [0.15, 0.2) is 61.2 Å². The van der Waals surface area contributed by atoms with Gasteiger partial charge in [0.1, 0.15) is 36.9 Å². The number of nitrogens with zero attached hydrogens (tertiary/aromatic N) is 3. The minimum atomic E-state index is -0.380. The summed E-state index contributed by atoms with van der Waals surface area (Å²) in [6.07, 6.45) is 3.65. The molecule has 1 saturated heterocycles. The van der Waals surface area contributed by atoms with Gasteiger partial charge in [0.2, 0.25) is 5.91 Å². The Labute approximate surface area is 167 Å². The first-order valence-corrected chi connectivity index (χ1v) is 9.29. The molecule has 1 aromatic heterocycles. The molecule has 29 heavy (non-hydrogen) atoms. The summed E-state index contributed by atoms with van der Waals surface area (Å²) in [5.41, 5.74) is 7.84. The normalized spacial score (nSPS) is 18.5. The van der Waals surface area contributed by atoms with Crippen molar-refractivity contribution in [2.75, 3.05) is 6.61 Å². The van der Waals surface area contributed by atoms with Crippen LogP contribution < -0.4 is 20.9 Å². The molecule has 4 rings (SSSR count). The molecular weight excluding hydrogens is 375 g/mol. The van der Waals surface area contributed by atoms with Gasteiger partial charge < -0.3 is 10.1 Å². The van der Waals surface area contributed by atoms with E-state index in [1.165, 1.54) is 18.5 Å². The predicted octanol–water partition coefficient (Wildman–Crippen LogP) is 1.34. The second kappa shape index (κ2) is 8.80. The van der Waals surface area contributed by atoms with Gasteiger partial charge in [0, 0.05) is 12.6 Å². The van der Waals surface area contributed by atoms with Crippen LogP contribution in [0.2, 0.25) is 0 Å². The smallest absolute Gasteiger partial charge is 0.238 e. The summed E-state index contributed by atoms with van der Waals surface area (Å²) >= 11 is 0. The highest BCUT2D eigenvalue weighted by Crippen LogP contribution is 2.15. The SMILES string of the molecule is O=C(NCc1ccccc1-n1cncn1)C1CC(COc2cccc(F)c2)NN1. The van der Waals surface area contributed by atoms with Crippen LogP contribution >= 0.6 is 0 Å². The third-order valence-electron chi connectivity index (χ3n) is 4.66. The Morgan fingerprint density at radius 2 is 2.14 bits per heavy atom. The third kappa shape index (κ3) is 4.76. The monoisotopic (exact) mass is 396 g/mol. The lowest BCUT2D eigenvalue weighted by Crippen LogP contribution is -2.43. The maximum absolute atomic E-state index is 13.2. The average Bonchev–Trinajstić information content (AvgIpc) is 3.43.